The Morgan fingerprint density at radius 2 is 1.56 bits per heavy atom. The Morgan fingerprint density at radius 1 is 1.00 bits per heavy atom. The van der Waals surface area contributed by atoms with Gasteiger partial charge in [0.05, 0.1) is 0 Å². The molecule has 0 aliphatic heterocycles. The third-order valence-corrected chi connectivity index (χ3v) is 4.96. The van der Waals surface area contributed by atoms with E-state index in [1.807, 2.05) is 24.3 Å². The molecule has 1 saturated carbocycles. The minimum Gasteiger partial charge on any atom is -0.352 e. The Bertz CT molecular complexity index is 579. The first-order valence-corrected chi connectivity index (χ1v) is 9.49. The van der Waals surface area contributed by atoms with Crippen LogP contribution >= 0.6 is 0 Å². The summed E-state index contributed by atoms with van der Waals surface area (Å²) in [5, 5.41) is 5.90. The maximum Gasteiger partial charge on any atom is 0.251 e. The summed E-state index contributed by atoms with van der Waals surface area (Å²) in [6.07, 6.45) is 6.94. The Balaban J connectivity index is 1.89. The second-order valence-corrected chi connectivity index (χ2v) is 8.22. The Labute approximate surface area is 151 Å². The van der Waals surface area contributed by atoms with Gasteiger partial charge in [0.2, 0.25) is 5.91 Å². The molecular formula is C21H32N2O2. The summed E-state index contributed by atoms with van der Waals surface area (Å²) in [6, 6.07) is 7.33. The van der Waals surface area contributed by atoms with Gasteiger partial charge in [-0.1, -0.05) is 58.6 Å². The topological polar surface area (TPSA) is 58.2 Å². The number of carbonyl (C=O) groups excluding carboxylic acids is 2. The van der Waals surface area contributed by atoms with Crippen LogP contribution in [0, 0.1) is 0 Å². The highest BCUT2D eigenvalue weighted by atomic mass is 16.2. The molecular weight excluding hydrogens is 312 g/mol. The van der Waals surface area contributed by atoms with Crippen molar-refractivity contribution in [1.29, 1.82) is 0 Å². The number of amides is 2. The molecule has 1 unspecified atom stereocenters. The van der Waals surface area contributed by atoms with Gasteiger partial charge in [0.25, 0.3) is 5.91 Å². The number of nitrogens with one attached hydrogen (secondary N) is 2. The predicted octanol–water partition coefficient (Wildman–Crippen LogP) is 3.94. The van der Waals surface area contributed by atoms with E-state index in [2.05, 4.69) is 31.4 Å². The van der Waals surface area contributed by atoms with E-state index in [1.165, 1.54) is 31.2 Å². The molecule has 0 bridgehead atoms. The first kappa shape index (κ1) is 19.5. The number of rotatable bonds is 4. The molecule has 1 aromatic rings. The van der Waals surface area contributed by atoms with Gasteiger partial charge in [0, 0.05) is 11.6 Å². The molecule has 4 nitrogen and oxygen atoms in total. The van der Waals surface area contributed by atoms with Crippen molar-refractivity contribution in [1.82, 2.24) is 10.6 Å². The van der Waals surface area contributed by atoms with Crippen LogP contribution in [-0.4, -0.2) is 23.9 Å². The summed E-state index contributed by atoms with van der Waals surface area (Å²) in [5.74, 6) is -0.296. The quantitative estimate of drug-likeness (QED) is 0.813. The zero-order valence-electron chi connectivity index (χ0n) is 16.0. The van der Waals surface area contributed by atoms with E-state index in [4.69, 9.17) is 0 Å². The van der Waals surface area contributed by atoms with Crippen molar-refractivity contribution < 1.29 is 9.59 Å². The fourth-order valence-electron chi connectivity index (χ4n) is 3.22. The average molecular weight is 344 g/mol. The molecule has 25 heavy (non-hydrogen) atoms. The molecule has 0 heterocycles. The molecule has 0 saturated heterocycles. The van der Waals surface area contributed by atoms with Gasteiger partial charge in [-0.3, -0.25) is 9.59 Å². The molecule has 1 atom stereocenters. The SMILES string of the molecule is CC(NC(=O)c1ccc(C(C)(C)C)cc1)C(=O)NC1CCCCCC1. The molecule has 1 fully saturated rings. The van der Waals surface area contributed by atoms with Gasteiger partial charge in [-0.25, -0.2) is 0 Å². The van der Waals surface area contributed by atoms with E-state index >= 15 is 0 Å². The summed E-state index contributed by atoms with van der Waals surface area (Å²) in [5.41, 5.74) is 1.83. The first-order valence-electron chi connectivity index (χ1n) is 9.49. The summed E-state index contributed by atoms with van der Waals surface area (Å²) in [7, 11) is 0. The molecule has 138 valence electrons. The molecule has 4 heteroatoms. The molecule has 1 aromatic carbocycles. The van der Waals surface area contributed by atoms with E-state index in [0.717, 1.165) is 12.8 Å². The Morgan fingerprint density at radius 3 is 2.08 bits per heavy atom. The van der Waals surface area contributed by atoms with Crippen LogP contribution in [0.2, 0.25) is 0 Å². The zero-order valence-corrected chi connectivity index (χ0v) is 16.0. The number of benzene rings is 1. The molecule has 0 spiro atoms. The molecule has 1 aliphatic carbocycles. The van der Waals surface area contributed by atoms with E-state index in [1.54, 1.807) is 6.92 Å². The molecule has 0 radical (unpaired) electrons. The third-order valence-electron chi connectivity index (χ3n) is 4.96. The smallest absolute Gasteiger partial charge is 0.251 e. The minimum atomic E-state index is -0.530. The largest absolute Gasteiger partial charge is 0.352 e. The summed E-state index contributed by atoms with van der Waals surface area (Å²) >= 11 is 0. The lowest BCUT2D eigenvalue weighted by molar-refractivity contribution is -0.123. The van der Waals surface area contributed by atoms with Gasteiger partial charge in [0.1, 0.15) is 6.04 Å². The van der Waals surface area contributed by atoms with Gasteiger partial charge < -0.3 is 10.6 Å². The second-order valence-electron chi connectivity index (χ2n) is 8.22. The van der Waals surface area contributed by atoms with Crippen LogP contribution in [0.5, 0.6) is 0 Å². The highest BCUT2D eigenvalue weighted by Gasteiger charge is 2.21. The summed E-state index contributed by atoms with van der Waals surface area (Å²) in [6.45, 7) is 8.17. The summed E-state index contributed by atoms with van der Waals surface area (Å²) in [4.78, 5) is 24.7. The Hall–Kier alpha value is -1.84. The van der Waals surface area contributed by atoms with E-state index in [9.17, 15) is 9.59 Å². The van der Waals surface area contributed by atoms with Gasteiger partial charge in [-0.05, 0) is 42.9 Å². The maximum atomic E-state index is 12.4. The predicted molar refractivity (Wildman–Crippen MR) is 102 cm³/mol. The Kier molecular flexibility index (Phi) is 6.63. The van der Waals surface area contributed by atoms with Crippen molar-refractivity contribution in [2.45, 2.75) is 83.7 Å². The van der Waals surface area contributed by atoms with Crippen molar-refractivity contribution in [2.24, 2.45) is 0 Å². The molecule has 2 rings (SSSR count). The van der Waals surface area contributed by atoms with Crippen LogP contribution in [0.15, 0.2) is 24.3 Å². The fraction of sp³-hybridized carbons (Fsp3) is 0.619. The highest BCUT2D eigenvalue weighted by Crippen LogP contribution is 2.22. The van der Waals surface area contributed by atoms with Crippen molar-refractivity contribution in [3.05, 3.63) is 35.4 Å². The fourth-order valence-corrected chi connectivity index (χ4v) is 3.22. The van der Waals surface area contributed by atoms with Gasteiger partial charge >= 0.3 is 0 Å². The molecule has 1 aliphatic rings. The van der Waals surface area contributed by atoms with E-state index in [0.29, 0.717) is 5.56 Å². The van der Waals surface area contributed by atoms with Crippen molar-refractivity contribution in [3.63, 3.8) is 0 Å². The van der Waals surface area contributed by atoms with Crippen LogP contribution in [-0.2, 0) is 10.2 Å². The van der Waals surface area contributed by atoms with Crippen LogP contribution in [0.1, 0.15) is 82.1 Å². The van der Waals surface area contributed by atoms with Crippen LogP contribution in [0.3, 0.4) is 0 Å². The van der Waals surface area contributed by atoms with Gasteiger partial charge in [-0.15, -0.1) is 0 Å². The second kappa shape index (κ2) is 8.50. The molecule has 0 aromatic heterocycles. The lowest BCUT2D eigenvalue weighted by atomic mass is 9.86. The van der Waals surface area contributed by atoms with Crippen LogP contribution in [0.25, 0.3) is 0 Å². The first-order chi connectivity index (χ1) is 11.8. The normalized spacial score (nSPS) is 17.4. The van der Waals surface area contributed by atoms with Gasteiger partial charge in [-0.2, -0.15) is 0 Å². The molecule has 2 N–H and O–H groups in total. The minimum absolute atomic E-state index is 0.0564. The molecule has 2 amide bonds. The van der Waals surface area contributed by atoms with Crippen molar-refractivity contribution >= 4 is 11.8 Å². The van der Waals surface area contributed by atoms with Crippen LogP contribution in [0.4, 0.5) is 0 Å². The zero-order chi connectivity index (χ0) is 18.4. The van der Waals surface area contributed by atoms with Crippen LogP contribution < -0.4 is 10.6 Å². The van der Waals surface area contributed by atoms with Crippen molar-refractivity contribution in [3.8, 4) is 0 Å². The average Bonchev–Trinajstić information content (AvgIpc) is 2.82. The van der Waals surface area contributed by atoms with E-state index in [-0.39, 0.29) is 23.3 Å². The monoisotopic (exact) mass is 344 g/mol. The lowest BCUT2D eigenvalue weighted by Crippen LogP contribution is -2.48. The lowest BCUT2D eigenvalue weighted by Gasteiger charge is -2.21. The standard InChI is InChI=1S/C21H32N2O2/c1-15(19(24)23-18-9-7-5-6-8-10-18)22-20(25)16-11-13-17(14-12-16)21(2,3)4/h11-15,18H,5-10H2,1-4H3,(H,22,25)(H,23,24). The number of hydrogen-bond donors (Lipinski definition) is 2. The number of hydrogen-bond acceptors (Lipinski definition) is 2. The van der Waals surface area contributed by atoms with Gasteiger partial charge in [0.15, 0.2) is 0 Å². The van der Waals surface area contributed by atoms with E-state index < -0.39 is 6.04 Å². The summed E-state index contributed by atoms with van der Waals surface area (Å²) < 4.78 is 0. The highest BCUT2D eigenvalue weighted by molar-refractivity contribution is 5.97. The number of carbonyl (C=O) groups is 2. The third kappa shape index (κ3) is 5.87. The van der Waals surface area contributed by atoms with Crippen molar-refractivity contribution in [2.75, 3.05) is 0 Å². The maximum absolute atomic E-state index is 12.4.